The van der Waals surface area contributed by atoms with Crippen LogP contribution in [0.2, 0.25) is 5.02 Å². The molecule has 3 heteroatoms. The van der Waals surface area contributed by atoms with Crippen LogP contribution in [0.25, 0.3) is 10.9 Å². The largest absolute Gasteiger partial charge is 0.252 e. The Balaban J connectivity index is 2.43. The van der Waals surface area contributed by atoms with Gasteiger partial charge < -0.3 is 0 Å². The van der Waals surface area contributed by atoms with E-state index >= 15 is 0 Å². The van der Waals surface area contributed by atoms with Crippen LogP contribution in [0.4, 0.5) is 0 Å². The molecule has 0 bridgehead atoms. The van der Waals surface area contributed by atoms with E-state index in [-0.39, 0.29) is 0 Å². The Hall–Kier alpha value is -0.600. The van der Waals surface area contributed by atoms with Gasteiger partial charge in [-0.25, -0.2) is 0 Å². The molecule has 3 rings (SSSR count). The monoisotopic (exact) mass is 323 g/mol. The van der Waals surface area contributed by atoms with E-state index in [9.17, 15) is 0 Å². The average Bonchev–Trinajstić information content (AvgIpc) is 2.36. The van der Waals surface area contributed by atoms with Crippen molar-refractivity contribution < 1.29 is 0 Å². The minimum atomic E-state index is 0.924. The number of aryl methyl sites for hydroxylation is 3. The molecule has 2 aromatic rings. The molecule has 1 aliphatic rings. The number of hydrogen-bond acceptors (Lipinski definition) is 1. The maximum atomic E-state index is 6.63. The fraction of sp³-hybridized carbons (Fsp3) is 0.400. The van der Waals surface area contributed by atoms with Crippen LogP contribution in [-0.2, 0) is 12.8 Å². The van der Waals surface area contributed by atoms with Crippen LogP contribution in [0, 0.1) is 13.8 Å². The first-order chi connectivity index (χ1) is 8.59. The summed E-state index contributed by atoms with van der Waals surface area (Å²) in [4.78, 5) is 4.83. The minimum Gasteiger partial charge on any atom is -0.252 e. The van der Waals surface area contributed by atoms with E-state index < -0.39 is 0 Å². The molecular weight excluding hydrogens is 310 g/mol. The number of fused-ring (bicyclic) bond motifs is 2. The van der Waals surface area contributed by atoms with Gasteiger partial charge in [-0.1, -0.05) is 27.5 Å². The Kier molecular flexibility index (Phi) is 3.11. The van der Waals surface area contributed by atoms with Crippen LogP contribution in [0.3, 0.4) is 0 Å². The van der Waals surface area contributed by atoms with Gasteiger partial charge in [0.15, 0.2) is 0 Å². The molecule has 1 aromatic heterocycles. The summed E-state index contributed by atoms with van der Waals surface area (Å²) in [7, 11) is 0. The molecule has 0 saturated heterocycles. The molecule has 0 saturated carbocycles. The number of nitrogens with zero attached hydrogens (tertiary/aromatic N) is 1. The van der Waals surface area contributed by atoms with Gasteiger partial charge >= 0.3 is 0 Å². The molecule has 94 valence electrons. The topological polar surface area (TPSA) is 12.9 Å². The highest BCUT2D eigenvalue weighted by atomic mass is 79.9. The molecule has 0 radical (unpaired) electrons. The first-order valence-corrected chi connectivity index (χ1v) is 7.53. The standard InChI is InChI=1S/C15H15BrClN/c1-8-7-12-13(9(2)14(8)16)15(17)10-5-3-4-6-11(10)18-12/h7H,3-6H2,1-2H3. The third-order valence-corrected chi connectivity index (χ3v) is 5.48. The van der Waals surface area contributed by atoms with E-state index in [2.05, 4.69) is 35.8 Å². The quantitative estimate of drug-likeness (QED) is 0.653. The highest BCUT2D eigenvalue weighted by Crippen LogP contribution is 2.37. The van der Waals surface area contributed by atoms with Crippen molar-refractivity contribution in [1.29, 1.82) is 0 Å². The zero-order chi connectivity index (χ0) is 12.9. The van der Waals surface area contributed by atoms with Gasteiger partial charge in [-0.2, -0.15) is 0 Å². The van der Waals surface area contributed by atoms with Crippen molar-refractivity contribution in [3.05, 3.63) is 37.9 Å². The van der Waals surface area contributed by atoms with Gasteiger partial charge in [0.2, 0.25) is 0 Å². The summed E-state index contributed by atoms with van der Waals surface area (Å²) >= 11 is 10.3. The number of benzene rings is 1. The molecule has 1 nitrogen and oxygen atoms in total. The van der Waals surface area contributed by atoms with Crippen LogP contribution in [-0.4, -0.2) is 4.98 Å². The van der Waals surface area contributed by atoms with Crippen molar-refractivity contribution in [2.24, 2.45) is 0 Å². The summed E-state index contributed by atoms with van der Waals surface area (Å²) in [6.45, 7) is 4.22. The van der Waals surface area contributed by atoms with Crippen molar-refractivity contribution >= 4 is 38.4 Å². The predicted molar refractivity (Wildman–Crippen MR) is 80.6 cm³/mol. The molecule has 0 N–H and O–H groups in total. The number of hydrogen-bond donors (Lipinski definition) is 0. The van der Waals surface area contributed by atoms with Crippen LogP contribution >= 0.6 is 27.5 Å². The second-order valence-corrected chi connectivity index (χ2v) is 6.26. The van der Waals surface area contributed by atoms with E-state index in [1.807, 2.05) is 0 Å². The second kappa shape index (κ2) is 4.50. The Labute approximate surface area is 121 Å². The lowest BCUT2D eigenvalue weighted by Crippen LogP contribution is -2.07. The van der Waals surface area contributed by atoms with Gasteiger partial charge in [0.1, 0.15) is 0 Å². The van der Waals surface area contributed by atoms with Crippen LogP contribution in [0.5, 0.6) is 0 Å². The van der Waals surface area contributed by atoms with Gasteiger partial charge in [-0.05, 0) is 62.3 Å². The van der Waals surface area contributed by atoms with E-state index in [1.54, 1.807) is 0 Å². The van der Waals surface area contributed by atoms with Gasteiger partial charge in [0.25, 0.3) is 0 Å². The maximum absolute atomic E-state index is 6.63. The highest BCUT2D eigenvalue weighted by molar-refractivity contribution is 9.10. The van der Waals surface area contributed by atoms with Gasteiger partial charge in [-0.15, -0.1) is 0 Å². The Bertz CT molecular complexity index is 649. The molecule has 0 unspecified atom stereocenters. The first-order valence-electron chi connectivity index (χ1n) is 6.36. The average molecular weight is 325 g/mol. The summed E-state index contributed by atoms with van der Waals surface area (Å²) in [6, 6.07) is 2.13. The number of halogens is 2. The fourth-order valence-corrected chi connectivity index (χ4v) is 3.60. The Morgan fingerprint density at radius 3 is 2.72 bits per heavy atom. The molecule has 1 aliphatic carbocycles. The Morgan fingerprint density at radius 2 is 1.94 bits per heavy atom. The minimum absolute atomic E-state index is 0.924. The molecular formula is C15H15BrClN. The molecule has 0 spiro atoms. The smallest absolute Gasteiger partial charge is 0.0726 e. The summed E-state index contributed by atoms with van der Waals surface area (Å²) in [5.41, 5.74) is 5.95. The normalized spacial score (nSPS) is 14.9. The SMILES string of the molecule is Cc1cc2nc3c(c(Cl)c2c(C)c1Br)CCCC3. The van der Waals surface area contributed by atoms with Gasteiger partial charge in [-0.3, -0.25) is 4.98 Å². The molecule has 0 fully saturated rings. The summed E-state index contributed by atoms with van der Waals surface area (Å²) in [5, 5.41) is 2.04. The van der Waals surface area contributed by atoms with Crippen molar-refractivity contribution in [3.8, 4) is 0 Å². The lowest BCUT2D eigenvalue weighted by Gasteiger charge is -2.19. The molecule has 0 atom stereocenters. The van der Waals surface area contributed by atoms with E-state index in [4.69, 9.17) is 16.6 Å². The van der Waals surface area contributed by atoms with Crippen molar-refractivity contribution in [1.82, 2.24) is 4.98 Å². The van der Waals surface area contributed by atoms with Crippen LogP contribution in [0.15, 0.2) is 10.5 Å². The highest BCUT2D eigenvalue weighted by Gasteiger charge is 2.19. The molecule has 1 aromatic carbocycles. The van der Waals surface area contributed by atoms with E-state index in [0.29, 0.717) is 0 Å². The van der Waals surface area contributed by atoms with Crippen LogP contribution in [0.1, 0.15) is 35.2 Å². The zero-order valence-corrected chi connectivity index (χ0v) is 13.0. The molecule has 1 heterocycles. The Morgan fingerprint density at radius 1 is 1.22 bits per heavy atom. The predicted octanol–water partition coefficient (Wildman–Crippen LogP) is 5.15. The summed E-state index contributed by atoms with van der Waals surface area (Å²) in [5.74, 6) is 0. The molecule has 18 heavy (non-hydrogen) atoms. The van der Waals surface area contributed by atoms with Gasteiger partial charge in [0.05, 0.1) is 10.5 Å². The third kappa shape index (κ3) is 1.78. The third-order valence-electron chi connectivity index (χ3n) is 3.84. The van der Waals surface area contributed by atoms with Gasteiger partial charge in [0, 0.05) is 15.6 Å². The second-order valence-electron chi connectivity index (χ2n) is 5.08. The molecule has 0 amide bonds. The number of pyridine rings is 1. The van der Waals surface area contributed by atoms with Crippen LogP contribution < -0.4 is 0 Å². The molecule has 0 aliphatic heterocycles. The van der Waals surface area contributed by atoms with E-state index in [0.717, 1.165) is 33.2 Å². The van der Waals surface area contributed by atoms with E-state index in [1.165, 1.54) is 35.2 Å². The summed E-state index contributed by atoms with van der Waals surface area (Å²) < 4.78 is 1.15. The fourth-order valence-electron chi connectivity index (χ4n) is 2.85. The summed E-state index contributed by atoms with van der Waals surface area (Å²) in [6.07, 6.45) is 4.60. The van der Waals surface area contributed by atoms with Crippen molar-refractivity contribution in [3.63, 3.8) is 0 Å². The number of rotatable bonds is 0. The van der Waals surface area contributed by atoms with Crippen molar-refractivity contribution in [2.45, 2.75) is 39.5 Å². The zero-order valence-electron chi connectivity index (χ0n) is 10.6. The first kappa shape index (κ1) is 12.4. The lowest BCUT2D eigenvalue weighted by molar-refractivity contribution is 0.671. The maximum Gasteiger partial charge on any atom is 0.0726 e. The van der Waals surface area contributed by atoms with Crippen molar-refractivity contribution in [2.75, 3.05) is 0 Å². The lowest BCUT2D eigenvalue weighted by atomic mass is 9.93. The number of aromatic nitrogens is 1.